The first-order chi connectivity index (χ1) is 21.6. The fourth-order valence-corrected chi connectivity index (χ4v) is 7.15. The van der Waals surface area contributed by atoms with E-state index in [1.165, 1.54) is 33.9 Å². The highest BCUT2D eigenvalue weighted by Gasteiger charge is 2.08. The van der Waals surface area contributed by atoms with Crippen molar-refractivity contribution in [2.45, 2.75) is 40.8 Å². The van der Waals surface area contributed by atoms with E-state index < -0.39 is 0 Å². The monoisotopic (exact) mass is 624 g/mol. The number of anilines is 2. The van der Waals surface area contributed by atoms with Crippen LogP contribution >= 0.6 is 21.6 Å². The Hall–Kier alpha value is -3.48. The van der Waals surface area contributed by atoms with E-state index in [2.05, 4.69) is 168 Å². The van der Waals surface area contributed by atoms with Crippen molar-refractivity contribution < 1.29 is 9.13 Å². The quantitative estimate of drug-likeness (QED) is 0.0665. The van der Waals surface area contributed by atoms with Gasteiger partial charge in [-0.15, -0.1) is 0 Å². The molecule has 0 N–H and O–H groups in total. The van der Waals surface area contributed by atoms with Crippen LogP contribution in [0.25, 0.3) is 24.3 Å². The molecule has 2 heterocycles. The van der Waals surface area contributed by atoms with E-state index in [1.54, 1.807) is 0 Å². The number of aromatic nitrogens is 2. The Bertz CT molecular complexity index is 1350. The van der Waals surface area contributed by atoms with E-state index in [9.17, 15) is 0 Å². The lowest BCUT2D eigenvalue weighted by Crippen LogP contribution is -2.34. The molecule has 0 amide bonds. The summed E-state index contributed by atoms with van der Waals surface area (Å²) in [4.78, 5) is 4.94. The Morgan fingerprint density at radius 2 is 0.932 bits per heavy atom. The van der Waals surface area contributed by atoms with Crippen LogP contribution < -0.4 is 18.9 Å². The van der Waals surface area contributed by atoms with Crippen molar-refractivity contribution in [3.63, 3.8) is 0 Å². The lowest BCUT2D eigenvalue weighted by atomic mass is 10.1. The first-order valence-electron chi connectivity index (χ1n) is 15.9. The highest BCUT2D eigenvalue weighted by molar-refractivity contribution is 8.76. The van der Waals surface area contributed by atoms with Crippen molar-refractivity contribution in [2.24, 2.45) is 0 Å². The summed E-state index contributed by atoms with van der Waals surface area (Å²) in [6.45, 7) is 14.9. The van der Waals surface area contributed by atoms with Crippen LogP contribution in [0.2, 0.25) is 0 Å². The van der Waals surface area contributed by atoms with Gasteiger partial charge in [0.15, 0.2) is 12.4 Å². The molecule has 4 rings (SSSR count). The average molecular weight is 625 g/mol. The van der Waals surface area contributed by atoms with Gasteiger partial charge in [0.05, 0.1) is 0 Å². The van der Waals surface area contributed by atoms with E-state index in [1.807, 2.05) is 21.6 Å². The second-order valence-corrected chi connectivity index (χ2v) is 13.2. The summed E-state index contributed by atoms with van der Waals surface area (Å²) < 4.78 is 4.51. The van der Waals surface area contributed by atoms with Crippen LogP contribution in [0.1, 0.15) is 50.2 Å². The normalized spacial score (nSPS) is 11.5. The van der Waals surface area contributed by atoms with Crippen LogP contribution in [0.5, 0.6) is 0 Å². The van der Waals surface area contributed by atoms with E-state index in [0.29, 0.717) is 0 Å². The van der Waals surface area contributed by atoms with Gasteiger partial charge in [-0.3, -0.25) is 0 Å². The fourth-order valence-electron chi connectivity index (χ4n) is 5.17. The summed E-state index contributed by atoms with van der Waals surface area (Å²) in [5.41, 5.74) is 7.49. The minimum atomic E-state index is 0.971. The summed E-state index contributed by atoms with van der Waals surface area (Å²) in [6, 6.07) is 30.6. The van der Waals surface area contributed by atoms with Crippen LogP contribution in [0.4, 0.5) is 11.4 Å². The van der Waals surface area contributed by atoms with Gasteiger partial charge in [0.2, 0.25) is 11.4 Å². The van der Waals surface area contributed by atoms with Crippen molar-refractivity contribution in [1.29, 1.82) is 0 Å². The lowest BCUT2D eigenvalue weighted by molar-refractivity contribution is -0.695. The summed E-state index contributed by atoms with van der Waals surface area (Å²) in [5, 5.41) is 0. The Balaban J connectivity index is 1.19. The van der Waals surface area contributed by atoms with Crippen molar-refractivity contribution in [1.82, 2.24) is 0 Å². The molecule has 0 bridgehead atoms. The van der Waals surface area contributed by atoms with Crippen molar-refractivity contribution in [2.75, 3.05) is 47.5 Å². The highest BCUT2D eigenvalue weighted by Crippen LogP contribution is 2.24. The molecule has 0 fully saturated rings. The third kappa shape index (κ3) is 10.0. The molecule has 2 aromatic carbocycles. The molecule has 0 unspecified atom stereocenters. The molecule has 0 radical (unpaired) electrons. The Kier molecular flexibility index (Phi) is 13.9. The number of benzene rings is 2. The van der Waals surface area contributed by atoms with Gasteiger partial charge in [-0.25, -0.2) is 0 Å². The van der Waals surface area contributed by atoms with Crippen LogP contribution in [-0.4, -0.2) is 37.7 Å². The van der Waals surface area contributed by atoms with Crippen molar-refractivity contribution in [3.05, 3.63) is 120 Å². The van der Waals surface area contributed by atoms with Gasteiger partial charge in [0, 0.05) is 85.5 Å². The third-order valence-corrected chi connectivity index (χ3v) is 10.1. The Morgan fingerprint density at radius 1 is 0.523 bits per heavy atom. The molecule has 4 nitrogen and oxygen atoms in total. The van der Waals surface area contributed by atoms with E-state index in [-0.39, 0.29) is 0 Å². The van der Waals surface area contributed by atoms with Gasteiger partial charge in [-0.05, 0) is 87.4 Å². The summed E-state index contributed by atoms with van der Waals surface area (Å²) in [6.07, 6.45) is 13.1. The molecule has 0 atom stereocenters. The van der Waals surface area contributed by atoms with Gasteiger partial charge < -0.3 is 9.80 Å². The maximum absolute atomic E-state index is 2.47. The Labute approximate surface area is 273 Å². The molecule has 0 aliphatic heterocycles. The molecule has 2 aromatic heterocycles. The summed E-state index contributed by atoms with van der Waals surface area (Å²) >= 11 is 0. The SMILES string of the molecule is CCN(CCSSCCN(CC)c1ccc(/C=C/c2cccc[n+]2CC)cc1)c1ccc(/C=C/c2cccc[n+]2CC)cc1. The molecule has 0 saturated heterocycles. The number of hydrogen-bond donors (Lipinski definition) is 0. The Morgan fingerprint density at radius 3 is 1.30 bits per heavy atom. The van der Waals surface area contributed by atoms with Crippen LogP contribution in [0.3, 0.4) is 0 Å². The predicted octanol–water partition coefficient (Wildman–Crippen LogP) is 8.38. The van der Waals surface area contributed by atoms with Crippen molar-refractivity contribution >= 4 is 57.3 Å². The van der Waals surface area contributed by atoms with Crippen molar-refractivity contribution in [3.8, 4) is 0 Å². The average Bonchev–Trinajstić information content (AvgIpc) is 3.08. The molecular weight excluding hydrogens is 577 g/mol. The molecule has 230 valence electrons. The summed E-state index contributed by atoms with van der Waals surface area (Å²) in [7, 11) is 3.97. The highest BCUT2D eigenvalue weighted by atomic mass is 33.1. The molecule has 6 heteroatoms. The molecule has 0 spiro atoms. The molecule has 0 aliphatic rings. The van der Waals surface area contributed by atoms with E-state index in [4.69, 9.17) is 0 Å². The first-order valence-corrected chi connectivity index (χ1v) is 18.4. The number of pyridine rings is 2. The van der Waals surface area contributed by atoms with Gasteiger partial charge in [-0.2, -0.15) is 9.13 Å². The molecule has 0 saturated carbocycles. The van der Waals surface area contributed by atoms with Crippen LogP contribution in [-0.2, 0) is 13.1 Å². The number of nitrogens with zero attached hydrogens (tertiary/aromatic N) is 4. The zero-order chi connectivity index (χ0) is 31.0. The zero-order valence-corrected chi connectivity index (χ0v) is 28.4. The number of rotatable bonds is 17. The molecule has 0 aliphatic carbocycles. The summed E-state index contributed by atoms with van der Waals surface area (Å²) in [5.74, 6) is 2.22. The smallest absolute Gasteiger partial charge is 0.205 e. The third-order valence-electron chi connectivity index (χ3n) is 7.78. The number of hydrogen-bond acceptors (Lipinski definition) is 4. The maximum Gasteiger partial charge on any atom is 0.205 e. The predicted molar refractivity (Wildman–Crippen MR) is 196 cm³/mol. The van der Waals surface area contributed by atoms with E-state index >= 15 is 0 Å². The van der Waals surface area contributed by atoms with Gasteiger partial charge >= 0.3 is 0 Å². The maximum atomic E-state index is 2.47. The molecule has 44 heavy (non-hydrogen) atoms. The standard InChI is InChI=1S/C38H48N4S2/c1-5-39-27-11-9-13-35(39)21-15-33-17-23-37(24-18-33)41(7-3)29-31-43-44-32-30-42(8-4)38-25-19-34(20-26-38)16-22-36-14-10-12-28-40(36)6-2/h9-28H,5-8,29-32H2,1-4H3/q+2. The van der Waals surface area contributed by atoms with Gasteiger partial charge in [-0.1, -0.05) is 45.9 Å². The van der Waals surface area contributed by atoms with E-state index in [0.717, 1.165) is 50.8 Å². The second kappa shape index (κ2) is 18.4. The zero-order valence-electron chi connectivity index (χ0n) is 26.8. The minimum Gasteiger partial charge on any atom is -0.371 e. The second-order valence-electron chi connectivity index (χ2n) is 10.5. The number of aryl methyl sites for hydroxylation is 2. The van der Waals surface area contributed by atoms with Crippen LogP contribution in [0, 0.1) is 0 Å². The van der Waals surface area contributed by atoms with Gasteiger partial charge in [0.1, 0.15) is 13.1 Å². The largest absolute Gasteiger partial charge is 0.371 e. The minimum absolute atomic E-state index is 0.971. The lowest BCUT2D eigenvalue weighted by Gasteiger charge is -2.24. The molecule has 4 aromatic rings. The topological polar surface area (TPSA) is 14.2 Å². The fraction of sp³-hybridized carbons (Fsp3) is 0.316. The first kappa shape index (κ1) is 33.4. The molecular formula is C38H48N4S2+2. The van der Waals surface area contributed by atoms with Gasteiger partial charge in [0.25, 0.3) is 0 Å². The van der Waals surface area contributed by atoms with Crippen LogP contribution in [0.15, 0.2) is 97.3 Å².